The van der Waals surface area contributed by atoms with Crippen LogP contribution < -0.4 is 9.64 Å². The van der Waals surface area contributed by atoms with Gasteiger partial charge in [-0.1, -0.05) is 60.2 Å². The Morgan fingerprint density at radius 3 is 2.38 bits per heavy atom. The van der Waals surface area contributed by atoms with Crippen LogP contribution in [0.25, 0.3) is 0 Å². The Hall–Kier alpha value is -3.11. The van der Waals surface area contributed by atoms with Crippen LogP contribution in [-0.2, 0) is 6.54 Å². The van der Waals surface area contributed by atoms with Crippen LogP contribution in [0.5, 0.6) is 11.5 Å². The van der Waals surface area contributed by atoms with E-state index < -0.39 is 0 Å². The van der Waals surface area contributed by atoms with Gasteiger partial charge < -0.3 is 9.64 Å². The third-order valence-corrected chi connectivity index (χ3v) is 5.23. The summed E-state index contributed by atoms with van der Waals surface area (Å²) < 4.78 is 5.91. The molecule has 0 bridgehead atoms. The highest BCUT2D eigenvalue weighted by molar-refractivity contribution is 5.80. The molecule has 0 aliphatic carbocycles. The highest BCUT2D eigenvalue weighted by Crippen LogP contribution is 2.21. The third-order valence-electron chi connectivity index (χ3n) is 5.23. The molecule has 29 heavy (non-hydrogen) atoms. The molecule has 4 rings (SSSR count). The molecular weight excluding hydrogens is 358 g/mol. The van der Waals surface area contributed by atoms with Gasteiger partial charge in [0.05, 0.1) is 32.4 Å². The van der Waals surface area contributed by atoms with Crippen molar-refractivity contribution in [2.24, 2.45) is 5.10 Å². The minimum Gasteiger partial charge on any atom is -0.457 e. The largest absolute Gasteiger partial charge is 0.457 e. The van der Waals surface area contributed by atoms with Crippen LogP contribution in [0.15, 0.2) is 84.0 Å². The lowest BCUT2D eigenvalue weighted by molar-refractivity contribution is -0.918. The van der Waals surface area contributed by atoms with Crippen molar-refractivity contribution >= 4 is 6.21 Å². The summed E-state index contributed by atoms with van der Waals surface area (Å²) in [7, 11) is 0. The number of piperazine rings is 1. The van der Waals surface area contributed by atoms with Crippen molar-refractivity contribution in [3.8, 4) is 11.5 Å². The number of nitrogens with one attached hydrogen (secondary N) is 1. The lowest BCUT2D eigenvalue weighted by atomic mass is 10.1. The van der Waals surface area contributed by atoms with E-state index in [9.17, 15) is 0 Å². The number of quaternary nitrogens is 1. The molecule has 0 atom stereocenters. The number of ether oxygens (including phenoxy) is 1. The molecule has 0 saturated carbocycles. The normalized spacial score (nSPS) is 15.0. The van der Waals surface area contributed by atoms with Crippen molar-refractivity contribution < 1.29 is 9.64 Å². The monoisotopic (exact) mass is 386 g/mol. The Morgan fingerprint density at radius 1 is 0.897 bits per heavy atom. The van der Waals surface area contributed by atoms with Gasteiger partial charge >= 0.3 is 0 Å². The minimum absolute atomic E-state index is 0.826. The SMILES string of the molecule is Cc1ccc(C[NH+]2CCN(N=Cc3cccc(Oc4ccccc4)c3)CC2)cc1. The highest BCUT2D eigenvalue weighted by atomic mass is 16.5. The first-order valence-corrected chi connectivity index (χ1v) is 10.3. The van der Waals surface area contributed by atoms with Gasteiger partial charge in [0.25, 0.3) is 0 Å². The number of para-hydroxylation sites is 1. The van der Waals surface area contributed by atoms with Gasteiger partial charge in [0.15, 0.2) is 0 Å². The maximum atomic E-state index is 5.91. The Morgan fingerprint density at radius 2 is 1.62 bits per heavy atom. The van der Waals surface area contributed by atoms with Gasteiger partial charge in [-0.15, -0.1) is 0 Å². The molecule has 3 aromatic rings. The predicted molar refractivity (Wildman–Crippen MR) is 118 cm³/mol. The predicted octanol–water partition coefficient (Wildman–Crippen LogP) is 3.52. The zero-order valence-electron chi connectivity index (χ0n) is 16.9. The van der Waals surface area contributed by atoms with E-state index in [4.69, 9.17) is 9.84 Å². The molecule has 1 saturated heterocycles. The fourth-order valence-electron chi connectivity index (χ4n) is 3.53. The summed E-state index contributed by atoms with van der Waals surface area (Å²) in [6.45, 7) is 7.42. The smallest absolute Gasteiger partial charge is 0.128 e. The zero-order valence-corrected chi connectivity index (χ0v) is 16.9. The van der Waals surface area contributed by atoms with Gasteiger partial charge in [0.2, 0.25) is 0 Å². The van der Waals surface area contributed by atoms with E-state index in [0.717, 1.165) is 49.8 Å². The second kappa shape index (κ2) is 9.39. The van der Waals surface area contributed by atoms with E-state index in [1.807, 2.05) is 54.7 Å². The molecule has 0 amide bonds. The molecule has 1 aliphatic heterocycles. The van der Waals surface area contributed by atoms with Crippen molar-refractivity contribution in [3.63, 3.8) is 0 Å². The number of benzene rings is 3. The van der Waals surface area contributed by atoms with Gasteiger partial charge in [-0.25, -0.2) is 0 Å². The van der Waals surface area contributed by atoms with E-state index in [0.29, 0.717) is 0 Å². The standard InChI is InChI=1S/C25H27N3O/c1-21-10-12-22(13-11-21)20-27-14-16-28(17-15-27)26-19-23-6-5-9-25(18-23)29-24-7-3-2-4-8-24/h2-13,18-19H,14-17,20H2,1H3/p+1. The number of aryl methyl sites for hydroxylation is 1. The Balaban J connectivity index is 1.29. The van der Waals surface area contributed by atoms with E-state index in [-0.39, 0.29) is 0 Å². The summed E-state index contributed by atoms with van der Waals surface area (Å²) in [6.07, 6.45) is 1.93. The minimum atomic E-state index is 0.826. The molecule has 0 spiro atoms. The fourth-order valence-corrected chi connectivity index (χ4v) is 3.53. The molecule has 1 fully saturated rings. The first kappa shape index (κ1) is 19.2. The maximum Gasteiger partial charge on any atom is 0.128 e. The average Bonchev–Trinajstić information content (AvgIpc) is 2.76. The van der Waals surface area contributed by atoms with E-state index >= 15 is 0 Å². The second-order valence-electron chi connectivity index (χ2n) is 7.60. The van der Waals surface area contributed by atoms with Crippen LogP contribution in [0.3, 0.4) is 0 Å². The molecule has 1 N–H and O–H groups in total. The van der Waals surface area contributed by atoms with Crippen molar-refractivity contribution in [3.05, 3.63) is 95.6 Å². The molecular formula is C25H28N3O+. The van der Waals surface area contributed by atoms with E-state index in [2.05, 4.69) is 42.3 Å². The molecule has 1 aliphatic rings. The lowest BCUT2D eigenvalue weighted by Gasteiger charge is -2.30. The van der Waals surface area contributed by atoms with Crippen LogP contribution in [0.2, 0.25) is 0 Å². The zero-order chi connectivity index (χ0) is 19.9. The highest BCUT2D eigenvalue weighted by Gasteiger charge is 2.18. The van der Waals surface area contributed by atoms with Crippen molar-refractivity contribution in [2.45, 2.75) is 13.5 Å². The first-order chi connectivity index (χ1) is 14.2. The van der Waals surface area contributed by atoms with E-state index in [1.54, 1.807) is 4.90 Å². The molecule has 0 aromatic heterocycles. The summed E-state index contributed by atoms with van der Waals surface area (Å²) >= 11 is 0. The van der Waals surface area contributed by atoms with Gasteiger partial charge in [0, 0.05) is 5.56 Å². The molecule has 1 heterocycles. The maximum absolute atomic E-state index is 5.91. The number of hydrazone groups is 1. The number of nitrogens with zero attached hydrogens (tertiary/aromatic N) is 2. The van der Waals surface area contributed by atoms with Crippen LogP contribution in [0, 0.1) is 6.92 Å². The molecule has 0 unspecified atom stereocenters. The van der Waals surface area contributed by atoms with Gasteiger partial charge in [-0.05, 0) is 36.8 Å². The average molecular weight is 387 g/mol. The van der Waals surface area contributed by atoms with Gasteiger partial charge in [-0.2, -0.15) is 5.10 Å². The van der Waals surface area contributed by atoms with Crippen LogP contribution >= 0.6 is 0 Å². The molecule has 4 nitrogen and oxygen atoms in total. The Kier molecular flexibility index (Phi) is 6.22. The molecule has 3 aromatic carbocycles. The Bertz CT molecular complexity index is 930. The van der Waals surface area contributed by atoms with Crippen LogP contribution in [-0.4, -0.2) is 37.4 Å². The van der Waals surface area contributed by atoms with Gasteiger partial charge in [-0.3, -0.25) is 5.01 Å². The summed E-state index contributed by atoms with van der Waals surface area (Å²) in [5.41, 5.74) is 3.78. The topological polar surface area (TPSA) is 29.3 Å². The van der Waals surface area contributed by atoms with Crippen molar-refractivity contribution in [2.75, 3.05) is 26.2 Å². The quantitative estimate of drug-likeness (QED) is 0.657. The Labute approximate surface area is 173 Å². The van der Waals surface area contributed by atoms with Crippen LogP contribution in [0.4, 0.5) is 0 Å². The van der Waals surface area contributed by atoms with Gasteiger partial charge in [0.1, 0.15) is 18.0 Å². The van der Waals surface area contributed by atoms with Crippen molar-refractivity contribution in [1.82, 2.24) is 5.01 Å². The summed E-state index contributed by atoms with van der Waals surface area (Å²) in [4.78, 5) is 1.62. The first-order valence-electron chi connectivity index (χ1n) is 10.3. The number of hydrogen-bond donors (Lipinski definition) is 1. The second-order valence-corrected chi connectivity index (χ2v) is 7.60. The van der Waals surface area contributed by atoms with Crippen molar-refractivity contribution in [1.29, 1.82) is 0 Å². The number of hydrogen-bond acceptors (Lipinski definition) is 3. The summed E-state index contributed by atoms with van der Waals surface area (Å²) in [6, 6.07) is 26.8. The summed E-state index contributed by atoms with van der Waals surface area (Å²) in [5.74, 6) is 1.67. The fraction of sp³-hybridized carbons (Fsp3) is 0.240. The molecule has 0 radical (unpaired) electrons. The molecule has 4 heteroatoms. The lowest BCUT2D eigenvalue weighted by Crippen LogP contribution is -3.13. The molecule has 148 valence electrons. The number of rotatable bonds is 6. The van der Waals surface area contributed by atoms with Crippen LogP contribution in [0.1, 0.15) is 16.7 Å². The third kappa shape index (κ3) is 5.69. The summed E-state index contributed by atoms with van der Waals surface area (Å²) in [5, 5.41) is 6.86. The van der Waals surface area contributed by atoms with E-state index in [1.165, 1.54) is 11.1 Å².